The van der Waals surface area contributed by atoms with E-state index in [1.165, 1.54) is 13.3 Å². The first kappa shape index (κ1) is 16.3. The summed E-state index contributed by atoms with van der Waals surface area (Å²) in [5, 5.41) is 6.85. The number of anilines is 1. The zero-order chi connectivity index (χ0) is 17.3. The Morgan fingerprint density at radius 2 is 2.29 bits per heavy atom. The van der Waals surface area contributed by atoms with Crippen LogP contribution in [0.25, 0.3) is 0 Å². The fraction of sp³-hybridized carbons (Fsp3) is 0.533. The molecule has 3 heterocycles. The Morgan fingerprint density at radius 3 is 2.92 bits per heavy atom. The summed E-state index contributed by atoms with van der Waals surface area (Å²) in [7, 11) is 0. The number of hydrogen-bond acceptors (Lipinski definition) is 7. The smallest absolute Gasteiger partial charge is 0.223 e. The largest absolute Gasteiger partial charge is 0.351 e. The third-order valence-electron chi connectivity index (χ3n) is 4.12. The van der Waals surface area contributed by atoms with Gasteiger partial charge >= 0.3 is 0 Å². The van der Waals surface area contributed by atoms with E-state index in [9.17, 15) is 9.18 Å². The molecule has 1 N–H and O–H groups in total. The SMILES string of the molecule is CCc1ncnc(N2CC[C@](NC(C)=O)(c3noc(C)n3)C2)c1F. The molecule has 1 atom stereocenters. The maximum atomic E-state index is 14.5. The van der Waals surface area contributed by atoms with Gasteiger partial charge in [-0.3, -0.25) is 4.79 Å². The summed E-state index contributed by atoms with van der Waals surface area (Å²) in [6, 6.07) is 0. The predicted octanol–water partition coefficient (Wildman–Crippen LogP) is 1.11. The van der Waals surface area contributed by atoms with E-state index >= 15 is 0 Å². The van der Waals surface area contributed by atoms with Crippen molar-refractivity contribution in [3.8, 4) is 0 Å². The summed E-state index contributed by atoms with van der Waals surface area (Å²) in [6.45, 7) is 5.76. The van der Waals surface area contributed by atoms with Gasteiger partial charge in [0.15, 0.2) is 17.5 Å². The number of nitrogens with zero attached hydrogens (tertiary/aromatic N) is 5. The molecule has 9 heteroatoms. The number of aryl methyl sites for hydroxylation is 2. The molecule has 0 radical (unpaired) electrons. The zero-order valence-corrected chi connectivity index (χ0v) is 13.8. The van der Waals surface area contributed by atoms with Gasteiger partial charge < -0.3 is 14.7 Å². The lowest BCUT2D eigenvalue weighted by Crippen LogP contribution is -2.48. The standard InChI is InChI=1S/C15H19FN6O2/c1-4-11-12(16)13(18-8-17-11)22-6-5-15(7-22,20-9(2)23)14-19-10(3)24-21-14/h8H,4-7H2,1-3H3,(H,20,23)/t15-/m1/s1. The molecule has 0 spiro atoms. The van der Waals surface area contributed by atoms with E-state index in [2.05, 4.69) is 25.4 Å². The van der Waals surface area contributed by atoms with Gasteiger partial charge in [0.2, 0.25) is 11.8 Å². The quantitative estimate of drug-likeness (QED) is 0.894. The molecule has 8 nitrogen and oxygen atoms in total. The van der Waals surface area contributed by atoms with Gasteiger partial charge in [-0.05, 0) is 12.8 Å². The topological polar surface area (TPSA) is 97.0 Å². The second-order valence-corrected chi connectivity index (χ2v) is 5.88. The molecule has 1 fully saturated rings. The molecule has 3 rings (SSSR count). The van der Waals surface area contributed by atoms with Gasteiger partial charge in [0.05, 0.1) is 12.2 Å². The number of carbonyl (C=O) groups excluding carboxylic acids is 1. The molecule has 1 aliphatic rings. The normalized spacial score (nSPS) is 20.4. The third-order valence-corrected chi connectivity index (χ3v) is 4.12. The van der Waals surface area contributed by atoms with E-state index in [4.69, 9.17) is 4.52 Å². The van der Waals surface area contributed by atoms with Crippen molar-refractivity contribution in [2.75, 3.05) is 18.0 Å². The predicted molar refractivity (Wildman–Crippen MR) is 82.7 cm³/mol. The maximum Gasteiger partial charge on any atom is 0.223 e. The summed E-state index contributed by atoms with van der Waals surface area (Å²) < 4.78 is 19.6. The van der Waals surface area contributed by atoms with Crippen LogP contribution in [0, 0.1) is 12.7 Å². The molecule has 1 saturated heterocycles. The molecular weight excluding hydrogens is 315 g/mol. The highest BCUT2D eigenvalue weighted by atomic mass is 19.1. The van der Waals surface area contributed by atoms with Crippen LogP contribution >= 0.6 is 0 Å². The first-order chi connectivity index (χ1) is 11.4. The molecule has 2 aromatic rings. The number of aromatic nitrogens is 4. The van der Waals surface area contributed by atoms with E-state index in [0.717, 1.165) is 0 Å². The summed E-state index contributed by atoms with van der Waals surface area (Å²) in [5.74, 6) is 0.395. The molecule has 0 aliphatic carbocycles. The second kappa shape index (κ2) is 6.14. The van der Waals surface area contributed by atoms with Crippen molar-refractivity contribution in [1.29, 1.82) is 0 Å². The van der Waals surface area contributed by atoms with Gasteiger partial charge in [0, 0.05) is 20.4 Å². The van der Waals surface area contributed by atoms with Crippen LogP contribution in [0.5, 0.6) is 0 Å². The van der Waals surface area contributed by atoms with Crippen LogP contribution in [0.4, 0.5) is 10.2 Å². The average Bonchev–Trinajstić information content (AvgIpc) is 3.15. The molecule has 1 aliphatic heterocycles. The molecule has 0 aromatic carbocycles. The summed E-state index contributed by atoms with van der Waals surface area (Å²) in [5.41, 5.74) is -0.458. The highest BCUT2D eigenvalue weighted by Gasteiger charge is 2.45. The number of carbonyl (C=O) groups is 1. The Hall–Kier alpha value is -2.58. The Bertz CT molecular complexity index is 764. The lowest BCUT2D eigenvalue weighted by Gasteiger charge is -2.27. The second-order valence-electron chi connectivity index (χ2n) is 5.88. The van der Waals surface area contributed by atoms with Crippen molar-refractivity contribution < 1.29 is 13.7 Å². The molecule has 2 aromatic heterocycles. The summed E-state index contributed by atoms with van der Waals surface area (Å²) in [6.07, 6.45) is 2.36. The fourth-order valence-corrected chi connectivity index (χ4v) is 3.02. The van der Waals surface area contributed by atoms with Crippen LogP contribution < -0.4 is 10.2 Å². The van der Waals surface area contributed by atoms with Crippen molar-refractivity contribution in [2.45, 2.75) is 39.2 Å². The fourth-order valence-electron chi connectivity index (χ4n) is 3.02. The summed E-state index contributed by atoms with van der Waals surface area (Å²) in [4.78, 5) is 25.7. The number of amides is 1. The van der Waals surface area contributed by atoms with Crippen LogP contribution in [0.1, 0.15) is 37.7 Å². The minimum Gasteiger partial charge on any atom is -0.351 e. The molecule has 1 amide bonds. The van der Waals surface area contributed by atoms with E-state index in [1.807, 2.05) is 6.92 Å². The maximum absolute atomic E-state index is 14.5. The third kappa shape index (κ3) is 2.81. The van der Waals surface area contributed by atoms with Crippen LogP contribution in [-0.4, -0.2) is 39.1 Å². The van der Waals surface area contributed by atoms with E-state index in [0.29, 0.717) is 43.3 Å². The van der Waals surface area contributed by atoms with Crippen LogP contribution in [-0.2, 0) is 16.8 Å². The van der Waals surface area contributed by atoms with E-state index in [-0.39, 0.29) is 11.7 Å². The number of halogens is 1. The first-order valence-electron chi connectivity index (χ1n) is 7.79. The van der Waals surface area contributed by atoms with E-state index in [1.54, 1.807) is 11.8 Å². The van der Waals surface area contributed by atoms with Gasteiger partial charge in [-0.1, -0.05) is 12.1 Å². The van der Waals surface area contributed by atoms with Crippen LogP contribution in [0.2, 0.25) is 0 Å². The van der Waals surface area contributed by atoms with Gasteiger partial charge in [-0.15, -0.1) is 0 Å². The monoisotopic (exact) mass is 334 g/mol. The highest BCUT2D eigenvalue weighted by molar-refractivity contribution is 5.74. The van der Waals surface area contributed by atoms with Crippen LogP contribution in [0.15, 0.2) is 10.9 Å². The Kier molecular flexibility index (Phi) is 4.16. The average molecular weight is 334 g/mol. The lowest BCUT2D eigenvalue weighted by atomic mass is 9.97. The van der Waals surface area contributed by atoms with Gasteiger partial charge in [-0.2, -0.15) is 4.98 Å². The molecule has 0 unspecified atom stereocenters. The highest BCUT2D eigenvalue weighted by Crippen LogP contribution is 2.33. The molecule has 24 heavy (non-hydrogen) atoms. The van der Waals surface area contributed by atoms with Gasteiger partial charge in [-0.25, -0.2) is 14.4 Å². The number of nitrogens with one attached hydrogen (secondary N) is 1. The van der Waals surface area contributed by atoms with Crippen molar-refractivity contribution >= 4 is 11.7 Å². The molecular formula is C15H19FN6O2. The summed E-state index contributed by atoms with van der Waals surface area (Å²) >= 11 is 0. The van der Waals surface area contributed by atoms with Gasteiger partial charge in [0.25, 0.3) is 0 Å². The van der Waals surface area contributed by atoms with Crippen molar-refractivity contribution in [2.24, 2.45) is 0 Å². The minimum absolute atomic E-state index is 0.211. The van der Waals surface area contributed by atoms with Crippen molar-refractivity contribution in [3.05, 3.63) is 29.6 Å². The number of hydrogen-bond donors (Lipinski definition) is 1. The zero-order valence-electron chi connectivity index (χ0n) is 13.8. The van der Waals surface area contributed by atoms with Crippen molar-refractivity contribution in [1.82, 2.24) is 25.4 Å². The Balaban J connectivity index is 1.94. The van der Waals surface area contributed by atoms with E-state index < -0.39 is 11.4 Å². The Morgan fingerprint density at radius 1 is 1.50 bits per heavy atom. The molecule has 0 saturated carbocycles. The van der Waals surface area contributed by atoms with Gasteiger partial charge in [0.1, 0.15) is 11.9 Å². The minimum atomic E-state index is -0.826. The van der Waals surface area contributed by atoms with Crippen molar-refractivity contribution in [3.63, 3.8) is 0 Å². The van der Waals surface area contributed by atoms with Crippen LogP contribution in [0.3, 0.4) is 0 Å². The Labute approximate surface area is 138 Å². The lowest BCUT2D eigenvalue weighted by molar-refractivity contribution is -0.120. The molecule has 0 bridgehead atoms. The number of rotatable bonds is 4. The molecule has 128 valence electrons. The first-order valence-corrected chi connectivity index (χ1v) is 7.79.